The van der Waals surface area contributed by atoms with Crippen molar-refractivity contribution in [2.75, 3.05) is 13.7 Å². The highest BCUT2D eigenvalue weighted by atomic mass is 16.5. The molecule has 1 saturated carbocycles. The Hall–Kier alpha value is -1.22. The Labute approximate surface area is 90.2 Å². The maximum atomic E-state index is 5.95. The van der Waals surface area contributed by atoms with Crippen LogP contribution in [0.25, 0.3) is 0 Å². The van der Waals surface area contributed by atoms with E-state index in [0.717, 1.165) is 29.9 Å². The quantitative estimate of drug-likeness (QED) is 0.819. The summed E-state index contributed by atoms with van der Waals surface area (Å²) in [7, 11) is 1.66. The molecule has 1 fully saturated rings. The Kier molecular flexibility index (Phi) is 2.57. The Bertz CT molecular complexity index is 359. The van der Waals surface area contributed by atoms with E-state index >= 15 is 0 Å². The van der Waals surface area contributed by atoms with E-state index in [1.165, 1.54) is 0 Å². The molecule has 0 bridgehead atoms. The van der Waals surface area contributed by atoms with Gasteiger partial charge >= 0.3 is 0 Å². The third-order valence-electron chi connectivity index (χ3n) is 2.79. The summed E-state index contributed by atoms with van der Waals surface area (Å²) < 4.78 is 10.8. The van der Waals surface area contributed by atoms with Crippen molar-refractivity contribution in [3.05, 3.63) is 23.8 Å². The van der Waals surface area contributed by atoms with Crippen molar-refractivity contribution >= 4 is 0 Å². The molecule has 3 nitrogen and oxygen atoms in total. The maximum Gasteiger partial charge on any atom is 0.122 e. The summed E-state index contributed by atoms with van der Waals surface area (Å²) in [5.74, 6) is 1.75. The Morgan fingerprint density at radius 3 is 2.67 bits per heavy atom. The number of benzene rings is 1. The molecular formula is C12H17NO2. The van der Waals surface area contributed by atoms with Gasteiger partial charge in [0.2, 0.25) is 0 Å². The number of nitrogens with two attached hydrogens (primary N) is 1. The van der Waals surface area contributed by atoms with Crippen molar-refractivity contribution in [3.63, 3.8) is 0 Å². The fourth-order valence-corrected chi connectivity index (χ4v) is 1.44. The highest BCUT2D eigenvalue weighted by Gasteiger charge is 2.39. The largest absolute Gasteiger partial charge is 0.497 e. The van der Waals surface area contributed by atoms with E-state index in [9.17, 15) is 0 Å². The van der Waals surface area contributed by atoms with Gasteiger partial charge in [0.05, 0.1) is 12.6 Å². The molecule has 0 unspecified atom stereocenters. The van der Waals surface area contributed by atoms with Crippen LogP contribution in [0.4, 0.5) is 0 Å². The molecule has 0 heterocycles. The van der Waals surface area contributed by atoms with Crippen LogP contribution in [0.3, 0.4) is 0 Å². The summed E-state index contributed by atoms with van der Waals surface area (Å²) in [4.78, 5) is 0. The fourth-order valence-electron chi connectivity index (χ4n) is 1.44. The van der Waals surface area contributed by atoms with E-state index in [0.29, 0.717) is 6.61 Å². The molecule has 1 aliphatic rings. The van der Waals surface area contributed by atoms with E-state index < -0.39 is 0 Å². The minimum absolute atomic E-state index is 0.0631. The Balaban J connectivity index is 2.01. The molecule has 0 atom stereocenters. The molecule has 0 aromatic heterocycles. The molecule has 0 radical (unpaired) electrons. The molecular weight excluding hydrogens is 190 g/mol. The summed E-state index contributed by atoms with van der Waals surface area (Å²) in [6.07, 6.45) is 2.14. The number of aryl methyl sites for hydroxylation is 1. The second-order valence-electron chi connectivity index (χ2n) is 4.28. The lowest BCUT2D eigenvalue weighted by atomic mass is 10.2. The van der Waals surface area contributed by atoms with Crippen LogP contribution in [-0.2, 0) is 0 Å². The van der Waals surface area contributed by atoms with E-state index in [4.69, 9.17) is 15.2 Å². The molecule has 1 aliphatic carbocycles. The van der Waals surface area contributed by atoms with Crippen LogP contribution in [0.1, 0.15) is 18.4 Å². The van der Waals surface area contributed by atoms with Crippen LogP contribution in [0.2, 0.25) is 0 Å². The van der Waals surface area contributed by atoms with Crippen molar-refractivity contribution in [2.45, 2.75) is 25.3 Å². The van der Waals surface area contributed by atoms with Gasteiger partial charge in [-0.15, -0.1) is 0 Å². The van der Waals surface area contributed by atoms with Crippen molar-refractivity contribution in [3.8, 4) is 11.5 Å². The number of methoxy groups -OCH3 is 1. The summed E-state index contributed by atoms with van der Waals surface area (Å²) >= 11 is 0. The molecule has 1 aromatic carbocycles. The molecule has 0 aliphatic heterocycles. The number of ether oxygens (including phenoxy) is 2. The summed E-state index contributed by atoms with van der Waals surface area (Å²) in [6, 6.07) is 5.80. The molecule has 0 saturated heterocycles. The van der Waals surface area contributed by atoms with Crippen LogP contribution >= 0.6 is 0 Å². The molecule has 2 N–H and O–H groups in total. The molecule has 82 valence electrons. The molecule has 0 amide bonds. The maximum absolute atomic E-state index is 5.95. The second-order valence-corrected chi connectivity index (χ2v) is 4.28. The predicted molar refractivity (Wildman–Crippen MR) is 59.4 cm³/mol. The minimum atomic E-state index is -0.0631. The van der Waals surface area contributed by atoms with Gasteiger partial charge in [0.15, 0.2) is 0 Å². The monoisotopic (exact) mass is 207 g/mol. The third kappa shape index (κ3) is 2.42. The van der Waals surface area contributed by atoms with Crippen LogP contribution in [-0.4, -0.2) is 19.3 Å². The molecule has 15 heavy (non-hydrogen) atoms. The first kappa shape index (κ1) is 10.3. The first-order valence-electron chi connectivity index (χ1n) is 5.19. The standard InChI is InChI=1S/C12H17NO2/c1-9-7-10(14-2)3-4-11(9)15-8-12(13)5-6-12/h3-4,7H,5-6,8,13H2,1-2H3. The second kappa shape index (κ2) is 3.74. The third-order valence-corrected chi connectivity index (χ3v) is 2.79. The SMILES string of the molecule is COc1ccc(OCC2(N)CC2)c(C)c1. The van der Waals surface area contributed by atoms with Crippen LogP contribution in [0.15, 0.2) is 18.2 Å². The van der Waals surface area contributed by atoms with E-state index in [1.54, 1.807) is 7.11 Å². The van der Waals surface area contributed by atoms with Crippen molar-refractivity contribution in [1.82, 2.24) is 0 Å². The average molecular weight is 207 g/mol. The first-order chi connectivity index (χ1) is 7.13. The number of rotatable bonds is 4. The smallest absolute Gasteiger partial charge is 0.122 e. The first-order valence-corrected chi connectivity index (χ1v) is 5.19. The fraction of sp³-hybridized carbons (Fsp3) is 0.500. The molecule has 0 spiro atoms. The zero-order valence-electron chi connectivity index (χ0n) is 9.25. The molecule has 2 rings (SSSR count). The summed E-state index contributed by atoms with van der Waals surface area (Å²) in [5.41, 5.74) is 6.97. The van der Waals surface area contributed by atoms with Crippen molar-refractivity contribution < 1.29 is 9.47 Å². The highest BCUT2D eigenvalue weighted by Crippen LogP contribution is 2.33. The normalized spacial score (nSPS) is 17.3. The summed E-state index contributed by atoms with van der Waals surface area (Å²) in [6.45, 7) is 2.62. The topological polar surface area (TPSA) is 44.5 Å². The lowest BCUT2D eigenvalue weighted by Gasteiger charge is -2.13. The van der Waals surface area contributed by atoms with Crippen molar-refractivity contribution in [1.29, 1.82) is 0 Å². The molecule has 3 heteroatoms. The van der Waals surface area contributed by atoms with Crippen LogP contribution in [0, 0.1) is 6.92 Å². The number of hydrogen-bond donors (Lipinski definition) is 1. The van der Waals surface area contributed by atoms with E-state index in [-0.39, 0.29) is 5.54 Å². The zero-order chi connectivity index (χ0) is 10.9. The van der Waals surface area contributed by atoms with Crippen LogP contribution < -0.4 is 15.2 Å². The van der Waals surface area contributed by atoms with Gasteiger partial charge in [0.1, 0.15) is 18.1 Å². The van der Waals surface area contributed by atoms with Gasteiger partial charge in [-0.1, -0.05) is 0 Å². The molecule has 1 aromatic rings. The average Bonchev–Trinajstić information content (AvgIpc) is 2.95. The lowest BCUT2D eigenvalue weighted by Crippen LogP contribution is -2.29. The minimum Gasteiger partial charge on any atom is -0.497 e. The lowest BCUT2D eigenvalue weighted by molar-refractivity contribution is 0.277. The van der Waals surface area contributed by atoms with Crippen molar-refractivity contribution in [2.24, 2.45) is 5.73 Å². The van der Waals surface area contributed by atoms with Crippen LogP contribution in [0.5, 0.6) is 11.5 Å². The summed E-state index contributed by atoms with van der Waals surface area (Å²) in [5, 5.41) is 0. The Morgan fingerprint density at radius 2 is 2.13 bits per heavy atom. The predicted octanol–water partition coefficient (Wildman–Crippen LogP) is 1.87. The van der Waals surface area contributed by atoms with Gasteiger partial charge in [-0.05, 0) is 43.5 Å². The highest BCUT2D eigenvalue weighted by molar-refractivity contribution is 5.39. The number of hydrogen-bond acceptors (Lipinski definition) is 3. The Morgan fingerprint density at radius 1 is 1.40 bits per heavy atom. The van der Waals surface area contributed by atoms with Gasteiger partial charge in [-0.25, -0.2) is 0 Å². The van der Waals surface area contributed by atoms with E-state index in [2.05, 4.69) is 0 Å². The van der Waals surface area contributed by atoms with Gasteiger partial charge < -0.3 is 15.2 Å². The van der Waals surface area contributed by atoms with E-state index in [1.807, 2.05) is 25.1 Å². The van der Waals surface area contributed by atoms with Gasteiger partial charge in [-0.2, -0.15) is 0 Å². The van der Waals surface area contributed by atoms with Gasteiger partial charge in [-0.3, -0.25) is 0 Å². The van der Waals surface area contributed by atoms with Gasteiger partial charge in [0.25, 0.3) is 0 Å². The van der Waals surface area contributed by atoms with Gasteiger partial charge in [0, 0.05) is 0 Å². The zero-order valence-corrected chi connectivity index (χ0v) is 9.25.